The molecule has 10 N–H and O–H groups in total. The second kappa shape index (κ2) is 11.0. The van der Waals surface area contributed by atoms with Gasteiger partial charge in [-0.25, -0.2) is 0 Å². The molecule has 2 heterocycles. The number of ether oxygens (including phenoxy) is 2. The van der Waals surface area contributed by atoms with Gasteiger partial charge in [0.25, 0.3) is 11.8 Å². The van der Waals surface area contributed by atoms with Crippen molar-refractivity contribution in [3.8, 4) is 0 Å². The summed E-state index contributed by atoms with van der Waals surface area (Å²) in [6.07, 6.45) is -15.0. The lowest BCUT2D eigenvalue weighted by Gasteiger charge is -2.40. The van der Waals surface area contributed by atoms with E-state index in [2.05, 4.69) is 10.6 Å². The minimum atomic E-state index is -1.66. The quantitative estimate of drug-likeness (QED) is 0.181. The molecule has 190 valence electrons. The van der Waals surface area contributed by atoms with Crippen molar-refractivity contribution in [3.05, 3.63) is 35.4 Å². The molecule has 14 heteroatoms. The van der Waals surface area contributed by atoms with Gasteiger partial charge in [-0.1, -0.05) is 0 Å². The van der Waals surface area contributed by atoms with Crippen LogP contribution < -0.4 is 10.6 Å². The summed E-state index contributed by atoms with van der Waals surface area (Å²) in [5, 5.41) is 82.3. The Morgan fingerprint density at radius 3 is 1.24 bits per heavy atom. The first-order valence-corrected chi connectivity index (χ1v) is 10.4. The van der Waals surface area contributed by atoms with Crippen LogP contribution >= 0.6 is 0 Å². The maximum atomic E-state index is 12.5. The number of hydrogen-bond acceptors (Lipinski definition) is 12. The highest BCUT2D eigenvalue weighted by Gasteiger charge is 2.45. The average Bonchev–Trinajstić information content (AvgIpc) is 2.84. The third-order valence-corrected chi connectivity index (χ3v) is 5.74. The SMILES string of the molecule is O=C(N[C@@H]1O[C@H](CO)[C@H](O)[C@H](O)[C@H]1O)c1ccc(C(=O)N[C@@H]2O[C@H](CO)[C@H](O)[C@H](O)[C@H]2O)cc1. The van der Waals surface area contributed by atoms with E-state index in [0.29, 0.717) is 0 Å². The fraction of sp³-hybridized carbons (Fsp3) is 0.600. The summed E-state index contributed by atoms with van der Waals surface area (Å²) in [7, 11) is 0. The molecule has 14 nitrogen and oxygen atoms in total. The van der Waals surface area contributed by atoms with Crippen molar-refractivity contribution in [2.24, 2.45) is 0 Å². The van der Waals surface area contributed by atoms with Crippen LogP contribution in [0, 0.1) is 0 Å². The molecule has 0 unspecified atom stereocenters. The van der Waals surface area contributed by atoms with Gasteiger partial charge in [0.15, 0.2) is 12.5 Å². The fourth-order valence-corrected chi connectivity index (χ4v) is 3.64. The van der Waals surface area contributed by atoms with E-state index in [0.717, 1.165) is 0 Å². The number of aliphatic hydroxyl groups excluding tert-OH is 8. The monoisotopic (exact) mass is 488 g/mol. The van der Waals surface area contributed by atoms with Gasteiger partial charge in [0.1, 0.15) is 48.8 Å². The van der Waals surface area contributed by atoms with Crippen LogP contribution in [0.1, 0.15) is 20.7 Å². The normalized spacial score (nSPS) is 38.2. The van der Waals surface area contributed by atoms with Gasteiger partial charge in [0.2, 0.25) is 0 Å². The second-order valence-electron chi connectivity index (χ2n) is 8.02. The third kappa shape index (κ3) is 5.36. The Hall–Kier alpha value is -2.24. The summed E-state index contributed by atoms with van der Waals surface area (Å²) < 4.78 is 10.4. The molecule has 34 heavy (non-hydrogen) atoms. The molecular weight excluding hydrogens is 460 g/mol. The average molecular weight is 488 g/mol. The van der Waals surface area contributed by atoms with Gasteiger partial charge in [-0.15, -0.1) is 0 Å². The first kappa shape index (κ1) is 26.4. The molecule has 2 fully saturated rings. The number of hydrogen-bond donors (Lipinski definition) is 10. The summed E-state index contributed by atoms with van der Waals surface area (Å²) in [6, 6.07) is 5.06. The van der Waals surface area contributed by atoms with Crippen molar-refractivity contribution in [1.82, 2.24) is 10.6 Å². The summed E-state index contributed by atoms with van der Waals surface area (Å²) in [6.45, 7) is -1.31. The van der Waals surface area contributed by atoms with E-state index >= 15 is 0 Å². The largest absolute Gasteiger partial charge is 0.394 e. The number of aliphatic hydroxyl groups is 8. The number of benzene rings is 1. The molecule has 0 bridgehead atoms. The van der Waals surface area contributed by atoms with Crippen LogP contribution in [0.25, 0.3) is 0 Å². The zero-order valence-electron chi connectivity index (χ0n) is 17.7. The van der Waals surface area contributed by atoms with Crippen LogP contribution in [0.4, 0.5) is 0 Å². The molecule has 10 atom stereocenters. The van der Waals surface area contributed by atoms with E-state index in [1.165, 1.54) is 24.3 Å². The highest BCUT2D eigenvalue weighted by Crippen LogP contribution is 2.21. The molecule has 2 aliphatic heterocycles. The standard InChI is InChI=1S/C20H28N2O12/c23-5-9-11(25)13(27)15(29)19(33-9)21-17(31)7-1-2-8(4-3-7)18(32)22-20-16(30)14(28)12(26)10(6-24)34-20/h1-4,9-16,19-20,23-30H,5-6H2,(H,21,31)(H,22,32)/t9-,10-,11+,12+,13+,14+,15-,16-,19-,20-/m1/s1. The minimum Gasteiger partial charge on any atom is -0.394 e. The van der Waals surface area contributed by atoms with Crippen LogP contribution in [0.3, 0.4) is 0 Å². The lowest BCUT2D eigenvalue weighted by atomic mass is 9.98. The molecule has 1 aromatic rings. The number of carbonyl (C=O) groups is 2. The van der Waals surface area contributed by atoms with Gasteiger partial charge < -0.3 is 61.0 Å². The molecule has 2 saturated heterocycles. The Morgan fingerprint density at radius 1 is 0.618 bits per heavy atom. The van der Waals surface area contributed by atoms with Gasteiger partial charge in [-0.05, 0) is 24.3 Å². The van der Waals surface area contributed by atoms with E-state index in [4.69, 9.17) is 9.47 Å². The summed E-state index contributed by atoms with van der Waals surface area (Å²) in [5.74, 6) is -1.49. The van der Waals surface area contributed by atoms with Crippen molar-refractivity contribution in [2.45, 2.75) is 61.3 Å². The Balaban J connectivity index is 1.62. The lowest BCUT2D eigenvalue weighted by molar-refractivity contribution is -0.233. The molecule has 2 aliphatic rings. The predicted molar refractivity (Wildman–Crippen MR) is 109 cm³/mol. The molecule has 0 saturated carbocycles. The van der Waals surface area contributed by atoms with Crippen LogP contribution in [-0.4, -0.2) is 127 Å². The molecule has 2 amide bonds. The van der Waals surface area contributed by atoms with E-state index in [-0.39, 0.29) is 11.1 Å². The Labute approximate surface area is 193 Å². The Morgan fingerprint density at radius 2 is 0.941 bits per heavy atom. The summed E-state index contributed by atoms with van der Waals surface area (Å²) in [5.41, 5.74) is 0.0858. The van der Waals surface area contributed by atoms with E-state index in [1.54, 1.807) is 0 Å². The number of rotatable bonds is 6. The lowest BCUT2D eigenvalue weighted by Crippen LogP contribution is -2.63. The van der Waals surface area contributed by atoms with Gasteiger partial charge in [0.05, 0.1) is 13.2 Å². The number of amides is 2. The molecule has 1 aromatic carbocycles. The zero-order valence-corrected chi connectivity index (χ0v) is 17.7. The Kier molecular flexibility index (Phi) is 8.53. The zero-order chi connectivity index (χ0) is 25.2. The van der Waals surface area contributed by atoms with Crippen LogP contribution in [0.5, 0.6) is 0 Å². The predicted octanol–water partition coefficient (Wildman–Crippen LogP) is -5.25. The van der Waals surface area contributed by atoms with Crippen molar-refractivity contribution in [3.63, 3.8) is 0 Å². The third-order valence-electron chi connectivity index (χ3n) is 5.74. The van der Waals surface area contributed by atoms with Crippen LogP contribution in [0.2, 0.25) is 0 Å². The molecule has 3 rings (SSSR count). The van der Waals surface area contributed by atoms with Crippen LogP contribution in [-0.2, 0) is 9.47 Å². The minimum absolute atomic E-state index is 0.0429. The van der Waals surface area contributed by atoms with Gasteiger partial charge in [0, 0.05) is 11.1 Å². The smallest absolute Gasteiger partial charge is 0.253 e. The molecule has 0 radical (unpaired) electrons. The van der Waals surface area contributed by atoms with Crippen molar-refractivity contribution < 1.29 is 59.9 Å². The molecular formula is C20H28N2O12. The maximum absolute atomic E-state index is 12.5. The number of carbonyl (C=O) groups excluding carboxylic acids is 2. The maximum Gasteiger partial charge on any atom is 0.253 e. The van der Waals surface area contributed by atoms with Crippen molar-refractivity contribution in [1.29, 1.82) is 0 Å². The Bertz CT molecular complexity index is 781. The van der Waals surface area contributed by atoms with Crippen molar-refractivity contribution in [2.75, 3.05) is 13.2 Å². The highest BCUT2D eigenvalue weighted by molar-refractivity contribution is 5.98. The molecule has 0 aromatic heterocycles. The van der Waals surface area contributed by atoms with E-state index in [1.807, 2.05) is 0 Å². The van der Waals surface area contributed by atoms with E-state index < -0.39 is 86.3 Å². The highest BCUT2D eigenvalue weighted by atomic mass is 16.6. The summed E-state index contributed by atoms with van der Waals surface area (Å²) in [4.78, 5) is 25.0. The molecule has 0 aliphatic carbocycles. The first-order chi connectivity index (χ1) is 16.1. The topological polar surface area (TPSA) is 238 Å². The second-order valence-corrected chi connectivity index (χ2v) is 8.02. The fourth-order valence-electron chi connectivity index (χ4n) is 3.64. The number of nitrogens with one attached hydrogen (secondary N) is 2. The van der Waals surface area contributed by atoms with Crippen molar-refractivity contribution >= 4 is 11.8 Å². The molecule has 0 spiro atoms. The van der Waals surface area contributed by atoms with Gasteiger partial charge >= 0.3 is 0 Å². The van der Waals surface area contributed by atoms with E-state index in [9.17, 15) is 50.4 Å². The first-order valence-electron chi connectivity index (χ1n) is 10.4. The van der Waals surface area contributed by atoms with Gasteiger partial charge in [-0.2, -0.15) is 0 Å². The summed E-state index contributed by atoms with van der Waals surface area (Å²) >= 11 is 0. The van der Waals surface area contributed by atoms with Gasteiger partial charge in [-0.3, -0.25) is 9.59 Å². The van der Waals surface area contributed by atoms with Crippen LogP contribution in [0.15, 0.2) is 24.3 Å².